The predicted octanol–water partition coefficient (Wildman–Crippen LogP) is 2.96. The van der Waals surface area contributed by atoms with Crippen molar-refractivity contribution in [1.82, 2.24) is 14.4 Å². The lowest BCUT2D eigenvalue weighted by atomic mass is 10.1. The van der Waals surface area contributed by atoms with Gasteiger partial charge in [-0.05, 0) is 37.9 Å². The Morgan fingerprint density at radius 3 is 2.96 bits per heavy atom. The molecule has 2 aliphatic heterocycles. The summed E-state index contributed by atoms with van der Waals surface area (Å²) in [6.45, 7) is 8.88. The molecule has 2 atom stereocenters. The van der Waals surface area contributed by atoms with Gasteiger partial charge in [0.2, 0.25) is 0 Å². The van der Waals surface area contributed by atoms with Crippen molar-refractivity contribution in [2.24, 2.45) is 0 Å². The van der Waals surface area contributed by atoms with Crippen molar-refractivity contribution in [3.05, 3.63) is 36.0 Å². The molecule has 4 rings (SSSR count). The molecule has 24 heavy (non-hydrogen) atoms. The van der Waals surface area contributed by atoms with Crippen molar-refractivity contribution >= 4 is 10.9 Å². The molecule has 1 aromatic heterocycles. The third-order valence-corrected chi connectivity index (χ3v) is 5.85. The van der Waals surface area contributed by atoms with E-state index in [4.69, 9.17) is 4.74 Å². The zero-order valence-electron chi connectivity index (χ0n) is 14.9. The minimum absolute atomic E-state index is 0.639. The lowest BCUT2D eigenvalue weighted by molar-refractivity contribution is 0.0543. The van der Waals surface area contributed by atoms with Gasteiger partial charge in [-0.15, -0.1) is 0 Å². The van der Waals surface area contributed by atoms with Gasteiger partial charge >= 0.3 is 0 Å². The summed E-state index contributed by atoms with van der Waals surface area (Å²) in [6.07, 6.45) is 5.10. The average Bonchev–Trinajstić information content (AvgIpc) is 3.18. The molecule has 2 fully saturated rings. The summed E-state index contributed by atoms with van der Waals surface area (Å²) in [6, 6.07) is 10.2. The van der Waals surface area contributed by atoms with Gasteiger partial charge in [-0.2, -0.15) is 0 Å². The number of ether oxygens (including phenoxy) is 1. The number of hydrogen-bond donors (Lipinski definition) is 0. The second kappa shape index (κ2) is 6.87. The highest BCUT2D eigenvalue weighted by molar-refractivity contribution is 5.83. The summed E-state index contributed by atoms with van der Waals surface area (Å²) in [5.74, 6) is 0. The van der Waals surface area contributed by atoms with Crippen LogP contribution in [0.5, 0.6) is 0 Å². The van der Waals surface area contributed by atoms with E-state index < -0.39 is 0 Å². The Labute approximate surface area is 145 Å². The van der Waals surface area contributed by atoms with Crippen LogP contribution in [0.1, 0.15) is 25.3 Å². The Hall–Kier alpha value is -1.36. The van der Waals surface area contributed by atoms with Crippen LogP contribution >= 0.6 is 0 Å². The number of para-hydroxylation sites is 1. The molecule has 130 valence electrons. The molecule has 0 radical (unpaired) electrons. The third-order valence-electron chi connectivity index (χ3n) is 5.85. The molecule has 0 amide bonds. The fraction of sp³-hybridized carbons (Fsp3) is 0.600. The summed E-state index contributed by atoms with van der Waals surface area (Å²) in [4.78, 5) is 5.39. The van der Waals surface area contributed by atoms with Gasteiger partial charge in [-0.3, -0.25) is 9.80 Å². The number of piperazine rings is 1. The lowest BCUT2D eigenvalue weighted by Gasteiger charge is -2.42. The normalized spacial score (nSPS) is 25.4. The number of nitrogens with zero attached hydrogens (tertiary/aromatic N) is 3. The van der Waals surface area contributed by atoms with E-state index in [1.54, 1.807) is 7.11 Å². The van der Waals surface area contributed by atoms with Crippen LogP contribution in [0.4, 0.5) is 0 Å². The number of hydrogen-bond acceptors (Lipinski definition) is 3. The molecule has 2 saturated heterocycles. The van der Waals surface area contributed by atoms with Crippen molar-refractivity contribution in [3.63, 3.8) is 0 Å². The minimum Gasteiger partial charge on any atom is -0.383 e. The fourth-order valence-corrected chi connectivity index (χ4v) is 4.51. The molecular weight excluding hydrogens is 298 g/mol. The zero-order valence-corrected chi connectivity index (χ0v) is 14.9. The highest BCUT2D eigenvalue weighted by Gasteiger charge is 2.34. The minimum atomic E-state index is 0.639. The molecule has 0 bridgehead atoms. The topological polar surface area (TPSA) is 20.6 Å². The number of rotatable bonds is 5. The summed E-state index contributed by atoms with van der Waals surface area (Å²) in [7, 11) is 1.77. The van der Waals surface area contributed by atoms with Crippen LogP contribution in [-0.2, 0) is 17.8 Å². The molecule has 4 nitrogen and oxygen atoms in total. The summed E-state index contributed by atoms with van der Waals surface area (Å²) < 4.78 is 7.63. The fourth-order valence-electron chi connectivity index (χ4n) is 4.51. The van der Waals surface area contributed by atoms with E-state index in [-0.39, 0.29) is 0 Å². The van der Waals surface area contributed by atoms with Crippen LogP contribution in [0.2, 0.25) is 0 Å². The molecule has 2 aromatic rings. The Morgan fingerprint density at radius 1 is 1.21 bits per heavy atom. The second-order valence-corrected chi connectivity index (χ2v) is 7.43. The highest BCUT2D eigenvalue weighted by atomic mass is 16.5. The van der Waals surface area contributed by atoms with Gasteiger partial charge in [0.25, 0.3) is 0 Å². The first kappa shape index (κ1) is 16.1. The largest absolute Gasteiger partial charge is 0.383 e. The van der Waals surface area contributed by atoms with Crippen LogP contribution in [0.3, 0.4) is 0 Å². The first-order valence-electron chi connectivity index (χ1n) is 9.30. The van der Waals surface area contributed by atoms with E-state index in [9.17, 15) is 0 Å². The van der Waals surface area contributed by atoms with E-state index >= 15 is 0 Å². The predicted molar refractivity (Wildman–Crippen MR) is 98.3 cm³/mol. The third kappa shape index (κ3) is 2.99. The van der Waals surface area contributed by atoms with E-state index in [1.165, 1.54) is 48.9 Å². The molecule has 2 aliphatic rings. The van der Waals surface area contributed by atoms with Crippen LogP contribution in [0, 0.1) is 0 Å². The second-order valence-electron chi connectivity index (χ2n) is 7.43. The van der Waals surface area contributed by atoms with E-state index in [0.717, 1.165) is 25.7 Å². The van der Waals surface area contributed by atoms with Gasteiger partial charge in [0.1, 0.15) is 0 Å². The first-order valence-corrected chi connectivity index (χ1v) is 9.30. The van der Waals surface area contributed by atoms with Crippen LogP contribution in [-0.4, -0.2) is 59.8 Å². The lowest BCUT2D eigenvalue weighted by Crippen LogP contribution is -2.54. The zero-order chi connectivity index (χ0) is 16.5. The first-order chi connectivity index (χ1) is 11.8. The monoisotopic (exact) mass is 327 g/mol. The van der Waals surface area contributed by atoms with E-state index in [0.29, 0.717) is 6.04 Å². The summed E-state index contributed by atoms with van der Waals surface area (Å²) >= 11 is 0. The molecule has 1 aromatic carbocycles. The number of methoxy groups -OCH3 is 1. The molecule has 0 unspecified atom stereocenters. The highest BCUT2D eigenvalue weighted by Crippen LogP contribution is 2.28. The summed E-state index contributed by atoms with van der Waals surface area (Å²) in [5.41, 5.74) is 2.79. The van der Waals surface area contributed by atoms with Gasteiger partial charge in [-0.25, -0.2) is 0 Å². The van der Waals surface area contributed by atoms with Crippen molar-refractivity contribution < 1.29 is 4.74 Å². The summed E-state index contributed by atoms with van der Waals surface area (Å²) in [5, 5.41) is 1.40. The van der Waals surface area contributed by atoms with Crippen molar-refractivity contribution in [1.29, 1.82) is 0 Å². The van der Waals surface area contributed by atoms with Gasteiger partial charge in [0.15, 0.2) is 0 Å². The van der Waals surface area contributed by atoms with Gasteiger partial charge in [0, 0.05) is 62.5 Å². The Morgan fingerprint density at radius 2 is 2.08 bits per heavy atom. The smallest absolute Gasteiger partial charge is 0.0641 e. The SMILES string of the molecule is COCCn1cc(CN2C[C@H]3CCCN3C[C@@H]2C)c2ccccc21. The van der Waals surface area contributed by atoms with E-state index in [1.807, 2.05) is 0 Å². The van der Waals surface area contributed by atoms with Crippen LogP contribution in [0.15, 0.2) is 30.5 Å². The van der Waals surface area contributed by atoms with Crippen molar-refractivity contribution in [2.45, 2.75) is 44.9 Å². The molecule has 4 heteroatoms. The van der Waals surface area contributed by atoms with Crippen molar-refractivity contribution in [3.8, 4) is 0 Å². The Bertz CT molecular complexity index is 695. The van der Waals surface area contributed by atoms with Crippen LogP contribution < -0.4 is 0 Å². The Kier molecular flexibility index (Phi) is 4.61. The van der Waals surface area contributed by atoms with Gasteiger partial charge in [0.05, 0.1) is 6.61 Å². The van der Waals surface area contributed by atoms with Gasteiger partial charge in [-0.1, -0.05) is 18.2 Å². The molecule has 0 N–H and O–H groups in total. The standard InChI is InChI=1S/C20H29N3O/c1-16-12-21-9-5-6-18(21)15-23(16)14-17-13-22(10-11-24-2)20-8-4-3-7-19(17)20/h3-4,7-8,13,16,18H,5-6,9-12,14-15H2,1-2H3/t16-,18+/m0/s1. The average molecular weight is 327 g/mol. The quantitative estimate of drug-likeness (QED) is 0.842. The molecule has 0 saturated carbocycles. The maximum Gasteiger partial charge on any atom is 0.0641 e. The number of aromatic nitrogens is 1. The van der Waals surface area contributed by atoms with Crippen molar-refractivity contribution in [2.75, 3.05) is 33.4 Å². The number of fused-ring (bicyclic) bond motifs is 2. The van der Waals surface area contributed by atoms with Crippen LogP contribution in [0.25, 0.3) is 10.9 Å². The molecule has 0 aliphatic carbocycles. The van der Waals surface area contributed by atoms with Gasteiger partial charge < -0.3 is 9.30 Å². The van der Waals surface area contributed by atoms with E-state index in [2.05, 4.69) is 51.8 Å². The molecular formula is C20H29N3O. The maximum absolute atomic E-state index is 5.28. The molecule has 0 spiro atoms. The maximum atomic E-state index is 5.28. The number of benzene rings is 1. The molecule has 3 heterocycles. The Balaban J connectivity index is 1.57.